The van der Waals surface area contributed by atoms with Crippen molar-refractivity contribution in [2.24, 2.45) is 11.1 Å². The van der Waals surface area contributed by atoms with Gasteiger partial charge >= 0.3 is 0 Å². The van der Waals surface area contributed by atoms with Crippen molar-refractivity contribution in [1.29, 1.82) is 0 Å². The van der Waals surface area contributed by atoms with E-state index in [2.05, 4.69) is 14.9 Å². The molecule has 1 spiro atoms. The minimum absolute atomic E-state index is 0.157. The summed E-state index contributed by atoms with van der Waals surface area (Å²) in [6, 6.07) is 4.90. The number of rotatable bonds is 5. The molecule has 6 nitrogen and oxygen atoms in total. The minimum atomic E-state index is -2.65. The molecule has 1 aliphatic carbocycles. The van der Waals surface area contributed by atoms with E-state index in [1.165, 1.54) is 12.3 Å². The Hall–Kier alpha value is -3.07. The summed E-state index contributed by atoms with van der Waals surface area (Å²) >= 11 is 0. The van der Waals surface area contributed by atoms with E-state index in [1.54, 1.807) is 7.11 Å². The van der Waals surface area contributed by atoms with Crippen LogP contribution in [-0.4, -0.2) is 40.4 Å². The molecule has 3 heterocycles. The molecule has 2 aliphatic rings. The number of amides is 1. The predicted octanol–water partition coefficient (Wildman–Crippen LogP) is 4.87. The first-order chi connectivity index (χ1) is 16.1. The first-order valence-electron chi connectivity index (χ1n) is 11.3. The number of carbonyl (C=O) groups is 1. The van der Waals surface area contributed by atoms with Crippen LogP contribution in [0.1, 0.15) is 58.9 Å². The van der Waals surface area contributed by atoms with Gasteiger partial charge in [0.05, 0.1) is 7.11 Å². The topological polar surface area (TPSA) is 84.2 Å². The molecule has 1 saturated heterocycles. The average Bonchev–Trinajstić information content (AvgIpc) is 3.25. The maximum absolute atomic E-state index is 14.6. The van der Waals surface area contributed by atoms with Crippen LogP contribution >= 0.6 is 0 Å². The highest BCUT2D eigenvalue weighted by Crippen LogP contribution is 2.60. The number of nitrogens with zero attached hydrogens (tertiary/aromatic N) is 2. The molecule has 1 aromatic carbocycles. The summed E-state index contributed by atoms with van der Waals surface area (Å²) in [6.07, 6.45) is 4.10. The molecule has 0 unspecified atom stereocenters. The van der Waals surface area contributed by atoms with Crippen LogP contribution in [-0.2, 0) is 6.54 Å². The van der Waals surface area contributed by atoms with Gasteiger partial charge in [-0.05, 0) is 61.1 Å². The zero-order valence-electron chi connectivity index (χ0n) is 19.1. The second-order valence-corrected chi connectivity index (χ2v) is 9.75. The Kier molecular flexibility index (Phi) is 5.35. The normalized spacial score (nSPS) is 21.5. The number of primary amides is 1. The van der Waals surface area contributed by atoms with Gasteiger partial charge < -0.3 is 15.5 Å². The van der Waals surface area contributed by atoms with Gasteiger partial charge in [-0.15, -0.1) is 0 Å². The SMILES string of the molecule is COc1cc(C)c2[nH]ccc2c1CN1CCC2(C[C@@H]1c1cnc(C(N)=O)c(F)c1)CC(F)(F)C2. The lowest BCUT2D eigenvalue weighted by Crippen LogP contribution is -2.53. The van der Waals surface area contributed by atoms with Crippen molar-refractivity contribution in [3.05, 3.63) is 58.8 Å². The lowest BCUT2D eigenvalue weighted by molar-refractivity contribution is -0.186. The molecule has 0 bridgehead atoms. The van der Waals surface area contributed by atoms with Crippen molar-refractivity contribution < 1.29 is 22.7 Å². The maximum atomic E-state index is 14.6. The molecule has 180 valence electrons. The van der Waals surface area contributed by atoms with Crippen LogP contribution in [0.4, 0.5) is 13.2 Å². The van der Waals surface area contributed by atoms with E-state index in [0.29, 0.717) is 31.5 Å². The Labute approximate surface area is 195 Å². The van der Waals surface area contributed by atoms with Crippen molar-refractivity contribution in [3.63, 3.8) is 0 Å². The molecule has 2 fully saturated rings. The number of nitrogens with two attached hydrogens (primary N) is 1. The number of likely N-dealkylation sites (tertiary alicyclic amines) is 1. The Balaban J connectivity index is 1.53. The summed E-state index contributed by atoms with van der Waals surface area (Å²) in [7, 11) is 1.62. The van der Waals surface area contributed by atoms with Crippen LogP contribution in [0, 0.1) is 18.2 Å². The van der Waals surface area contributed by atoms with Gasteiger partial charge in [-0.3, -0.25) is 9.69 Å². The highest BCUT2D eigenvalue weighted by Gasteiger charge is 2.58. The van der Waals surface area contributed by atoms with E-state index >= 15 is 0 Å². The van der Waals surface area contributed by atoms with Gasteiger partial charge in [-0.2, -0.15) is 0 Å². The second kappa shape index (κ2) is 8.01. The van der Waals surface area contributed by atoms with Crippen molar-refractivity contribution in [3.8, 4) is 5.75 Å². The largest absolute Gasteiger partial charge is 0.496 e. The van der Waals surface area contributed by atoms with Gasteiger partial charge in [0.2, 0.25) is 5.92 Å². The number of aromatic nitrogens is 2. The highest BCUT2D eigenvalue weighted by molar-refractivity contribution is 5.91. The van der Waals surface area contributed by atoms with E-state index in [4.69, 9.17) is 10.5 Å². The predicted molar refractivity (Wildman–Crippen MR) is 121 cm³/mol. The van der Waals surface area contributed by atoms with Crippen LogP contribution in [0.15, 0.2) is 30.6 Å². The number of piperidine rings is 1. The summed E-state index contributed by atoms with van der Waals surface area (Å²) in [4.78, 5) is 20.8. The number of aromatic amines is 1. The Morgan fingerprint density at radius 3 is 2.76 bits per heavy atom. The maximum Gasteiger partial charge on any atom is 0.270 e. The molecular formula is C25H27F3N4O2. The number of ether oxygens (including phenoxy) is 1. The lowest BCUT2D eigenvalue weighted by atomic mass is 9.59. The number of halogens is 3. The van der Waals surface area contributed by atoms with Crippen molar-refractivity contribution in [2.45, 2.75) is 51.1 Å². The zero-order valence-corrected chi connectivity index (χ0v) is 19.1. The van der Waals surface area contributed by atoms with E-state index in [-0.39, 0.29) is 18.9 Å². The van der Waals surface area contributed by atoms with Crippen molar-refractivity contribution >= 4 is 16.8 Å². The summed E-state index contributed by atoms with van der Waals surface area (Å²) in [5.41, 5.74) is 7.90. The average molecular weight is 473 g/mol. The first-order valence-corrected chi connectivity index (χ1v) is 11.3. The molecule has 9 heteroatoms. The number of pyridine rings is 1. The standard InChI is InChI=1S/C25H27F3N4O2/c1-14-7-20(34-2)17(16-3-5-30-21(14)16)11-32-6-4-24(12-25(27,28)13-24)9-19(32)15-8-18(26)22(23(29)33)31-10-15/h3,5,7-8,10,19,30H,4,6,9,11-13H2,1-2H3,(H2,29,33)/t19-/m1/s1. The minimum Gasteiger partial charge on any atom is -0.496 e. The van der Waals surface area contributed by atoms with E-state index in [9.17, 15) is 18.0 Å². The quantitative estimate of drug-likeness (QED) is 0.555. The second-order valence-electron chi connectivity index (χ2n) is 9.75. The third-order valence-corrected chi connectivity index (χ3v) is 7.44. The van der Waals surface area contributed by atoms with Crippen LogP contribution in [0.5, 0.6) is 5.75 Å². The van der Waals surface area contributed by atoms with Gasteiger partial charge in [-0.25, -0.2) is 18.2 Å². The molecule has 5 rings (SSSR count). The number of nitrogens with one attached hydrogen (secondary N) is 1. The van der Waals surface area contributed by atoms with E-state index in [1.807, 2.05) is 25.3 Å². The monoisotopic (exact) mass is 472 g/mol. The number of H-pyrrole nitrogens is 1. The molecule has 1 saturated carbocycles. The molecule has 3 aromatic rings. The molecule has 3 N–H and O–H groups in total. The van der Waals surface area contributed by atoms with Gasteiger partial charge in [0, 0.05) is 54.3 Å². The fraction of sp³-hybridized carbons (Fsp3) is 0.440. The summed E-state index contributed by atoms with van der Waals surface area (Å²) in [5.74, 6) is -3.65. The molecular weight excluding hydrogens is 445 g/mol. The van der Waals surface area contributed by atoms with Gasteiger partial charge in [-0.1, -0.05) is 0 Å². The molecule has 34 heavy (non-hydrogen) atoms. The molecule has 1 aliphatic heterocycles. The number of carbonyl (C=O) groups excluding carboxylic acids is 1. The Morgan fingerprint density at radius 1 is 1.35 bits per heavy atom. The third kappa shape index (κ3) is 3.81. The van der Waals surface area contributed by atoms with Crippen molar-refractivity contribution in [1.82, 2.24) is 14.9 Å². The fourth-order valence-electron chi connectivity index (χ4n) is 5.86. The number of alkyl halides is 2. The highest BCUT2D eigenvalue weighted by atomic mass is 19.3. The number of fused-ring (bicyclic) bond motifs is 1. The number of aryl methyl sites for hydroxylation is 1. The molecule has 1 amide bonds. The van der Waals surface area contributed by atoms with Crippen LogP contribution in [0.3, 0.4) is 0 Å². The van der Waals surface area contributed by atoms with Crippen LogP contribution < -0.4 is 10.5 Å². The Morgan fingerprint density at radius 2 is 2.12 bits per heavy atom. The number of benzene rings is 1. The molecule has 2 aromatic heterocycles. The lowest BCUT2D eigenvalue weighted by Gasteiger charge is -2.54. The Bertz CT molecular complexity index is 1260. The zero-order chi connectivity index (χ0) is 24.3. The number of hydrogen-bond donors (Lipinski definition) is 2. The number of methoxy groups -OCH3 is 1. The van der Waals surface area contributed by atoms with E-state index < -0.39 is 28.8 Å². The van der Waals surface area contributed by atoms with E-state index in [0.717, 1.165) is 27.8 Å². The van der Waals surface area contributed by atoms with Gasteiger partial charge in [0.1, 0.15) is 5.75 Å². The van der Waals surface area contributed by atoms with Crippen LogP contribution in [0.2, 0.25) is 0 Å². The number of hydrogen-bond acceptors (Lipinski definition) is 4. The summed E-state index contributed by atoms with van der Waals surface area (Å²) < 4.78 is 48.0. The summed E-state index contributed by atoms with van der Waals surface area (Å²) in [6.45, 7) is 3.07. The van der Waals surface area contributed by atoms with Gasteiger partial charge in [0.25, 0.3) is 5.91 Å². The summed E-state index contributed by atoms with van der Waals surface area (Å²) in [5, 5.41) is 1.03. The third-order valence-electron chi connectivity index (χ3n) is 7.44. The van der Waals surface area contributed by atoms with Gasteiger partial charge in [0.15, 0.2) is 11.5 Å². The van der Waals surface area contributed by atoms with Crippen LogP contribution in [0.25, 0.3) is 10.9 Å². The smallest absolute Gasteiger partial charge is 0.270 e. The van der Waals surface area contributed by atoms with Crippen molar-refractivity contribution in [2.75, 3.05) is 13.7 Å². The first kappa shape index (κ1) is 22.7. The molecule has 1 atom stereocenters. The fourth-order valence-corrected chi connectivity index (χ4v) is 5.86. The molecule has 0 radical (unpaired) electrons.